The molecular formula is C15H21N3O2. The van der Waals surface area contributed by atoms with Crippen molar-refractivity contribution in [2.45, 2.75) is 32.4 Å². The molecule has 2 atom stereocenters. The lowest BCUT2D eigenvalue weighted by molar-refractivity contribution is -0.128. The molecular weight excluding hydrogens is 254 g/mol. The van der Waals surface area contributed by atoms with E-state index in [1.54, 1.807) is 4.90 Å². The van der Waals surface area contributed by atoms with Crippen molar-refractivity contribution in [3.63, 3.8) is 0 Å². The number of anilines is 1. The van der Waals surface area contributed by atoms with E-state index in [9.17, 15) is 9.59 Å². The van der Waals surface area contributed by atoms with Gasteiger partial charge in [-0.15, -0.1) is 0 Å². The molecule has 5 heteroatoms. The van der Waals surface area contributed by atoms with Crippen LogP contribution >= 0.6 is 0 Å². The molecule has 20 heavy (non-hydrogen) atoms. The molecule has 1 aromatic carbocycles. The van der Waals surface area contributed by atoms with Crippen LogP contribution in [0, 0.1) is 0 Å². The van der Waals surface area contributed by atoms with Crippen molar-refractivity contribution in [1.82, 2.24) is 10.2 Å². The molecule has 0 radical (unpaired) electrons. The predicted molar refractivity (Wildman–Crippen MR) is 78.3 cm³/mol. The minimum Gasteiger partial charge on any atom is -0.344 e. The molecule has 2 N–H and O–H groups in total. The maximum absolute atomic E-state index is 11.9. The highest BCUT2D eigenvalue weighted by molar-refractivity contribution is 5.88. The van der Waals surface area contributed by atoms with E-state index in [0.717, 1.165) is 24.2 Å². The number of carbonyl (C=O) groups excluding carboxylic acids is 2. The minimum absolute atomic E-state index is 0.0594. The van der Waals surface area contributed by atoms with Gasteiger partial charge in [0.05, 0.1) is 6.04 Å². The van der Waals surface area contributed by atoms with E-state index < -0.39 is 0 Å². The number of nitrogens with zero attached hydrogens (tertiary/aromatic N) is 1. The summed E-state index contributed by atoms with van der Waals surface area (Å²) in [4.78, 5) is 24.7. The van der Waals surface area contributed by atoms with Gasteiger partial charge >= 0.3 is 0 Å². The highest BCUT2D eigenvalue weighted by atomic mass is 16.2. The molecule has 2 rings (SSSR count). The maximum Gasteiger partial charge on any atom is 0.239 e. The van der Waals surface area contributed by atoms with E-state index in [1.165, 1.54) is 6.92 Å². The summed E-state index contributed by atoms with van der Waals surface area (Å²) < 4.78 is 0. The van der Waals surface area contributed by atoms with Gasteiger partial charge in [-0.05, 0) is 31.0 Å². The third kappa shape index (κ3) is 3.36. The first-order valence-corrected chi connectivity index (χ1v) is 6.86. The van der Waals surface area contributed by atoms with Crippen LogP contribution in [0.4, 0.5) is 5.69 Å². The Morgan fingerprint density at radius 2 is 2.20 bits per heavy atom. The van der Waals surface area contributed by atoms with Gasteiger partial charge in [-0.25, -0.2) is 0 Å². The van der Waals surface area contributed by atoms with Gasteiger partial charge in [0, 0.05) is 32.2 Å². The predicted octanol–water partition coefficient (Wildman–Crippen LogP) is 1.53. The normalized spacial score (nSPS) is 20.1. The second kappa shape index (κ2) is 6.05. The summed E-state index contributed by atoms with van der Waals surface area (Å²) >= 11 is 0. The number of carbonyl (C=O) groups is 2. The second-order valence-electron chi connectivity index (χ2n) is 5.30. The highest BCUT2D eigenvalue weighted by Gasteiger charge is 2.29. The van der Waals surface area contributed by atoms with Gasteiger partial charge in [0.2, 0.25) is 11.8 Å². The Labute approximate surface area is 119 Å². The van der Waals surface area contributed by atoms with Crippen molar-refractivity contribution < 1.29 is 9.59 Å². The molecule has 0 bridgehead atoms. The van der Waals surface area contributed by atoms with Gasteiger partial charge < -0.3 is 10.2 Å². The van der Waals surface area contributed by atoms with Crippen molar-refractivity contribution in [3.05, 3.63) is 29.8 Å². The first-order chi connectivity index (χ1) is 9.47. The van der Waals surface area contributed by atoms with E-state index in [0.29, 0.717) is 0 Å². The number of likely N-dealkylation sites (tertiary alicyclic amines) is 1. The second-order valence-corrected chi connectivity index (χ2v) is 5.30. The van der Waals surface area contributed by atoms with Crippen molar-refractivity contribution in [3.8, 4) is 0 Å². The van der Waals surface area contributed by atoms with Gasteiger partial charge in [-0.1, -0.05) is 12.1 Å². The fourth-order valence-corrected chi connectivity index (χ4v) is 2.46. The van der Waals surface area contributed by atoms with Gasteiger partial charge in [0.1, 0.15) is 0 Å². The molecule has 1 aliphatic heterocycles. The van der Waals surface area contributed by atoms with Gasteiger partial charge in [-0.2, -0.15) is 0 Å². The summed E-state index contributed by atoms with van der Waals surface area (Å²) in [5.41, 5.74) is 1.83. The van der Waals surface area contributed by atoms with Crippen molar-refractivity contribution >= 4 is 17.5 Å². The van der Waals surface area contributed by atoms with Crippen LogP contribution in [-0.4, -0.2) is 36.3 Å². The van der Waals surface area contributed by atoms with Crippen LogP contribution in [0.1, 0.15) is 31.9 Å². The quantitative estimate of drug-likeness (QED) is 0.876. The summed E-state index contributed by atoms with van der Waals surface area (Å²) in [5, 5.41) is 6.12. The maximum atomic E-state index is 11.9. The average molecular weight is 275 g/mol. The zero-order chi connectivity index (χ0) is 14.7. The molecule has 0 spiro atoms. The van der Waals surface area contributed by atoms with Crippen molar-refractivity contribution in [1.29, 1.82) is 0 Å². The molecule has 0 aromatic heterocycles. The lowest BCUT2D eigenvalue weighted by Gasteiger charge is -2.19. The number of benzene rings is 1. The van der Waals surface area contributed by atoms with Gasteiger partial charge in [0.25, 0.3) is 0 Å². The topological polar surface area (TPSA) is 61.4 Å². The van der Waals surface area contributed by atoms with Crippen LogP contribution in [0.2, 0.25) is 0 Å². The average Bonchev–Trinajstić information content (AvgIpc) is 2.70. The monoisotopic (exact) mass is 275 g/mol. The van der Waals surface area contributed by atoms with E-state index >= 15 is 0 Å². The van der Waals surface area contributed by atoms with E-state index in [1.807, 2.05) is 38.2 Å². The Kier molecular flexibility index (Phi) is 4.39. The molecule has 0 aliphatic carbocycles. The molecule has 5 nitrogen and oxygen atoms in total. The first kappa shape index (κ1) is 14.5. The number of hydrogen-bond donors (Lipinski definition) is 2. The van der Waals surface area contributed by atoms with Gasteiger partial charge in [0.15, 0.2) is 0 Å². The Bertz CT molecular complexity index is 516. The lowest BCUT2D eigenvalue weighted by atomic mass is 10.1. The van der Waals surface area contributed by atoms with Crippen molar-refractivity contribution in [2.24, 2.45) is 0 Å². The molecule has 2 amide bonds. The summed E-state index contributed by atoms with van der Waals surface area (Å²) in [7, 11) is 1.83. The van der Waals surface area contributed by atoms with Gasteiger partial charge in [-0.3, -0.25) is 14.9 Å². The molecule has 1 heterocycles. The molecule has 1 fully saturated rings. The number of likely N-dealkylation sites (N-methyl/N-ethyl adjacent to an activating group) is 1. The Morgan fingerprint density at radius 1 is 1.45 bits per heavy atom. The molecule has 0 saturated carbocycles. The smallest absolute Gasteiger partial charge is 0.239 e. The Balaban J connectivity index is 2.03. The van der Waals surface area contributed by atoms with Crippen LogP contribution < -0.4 is 10.6 Å². The molecule has 1 saturated heterocycles. The van der Waals surface area contributed by atoms with Crippen LogP contribution in [0.15, 0.2) is 24.3 Å². The van der Waals surface area contributed by atoms with Crippen molar-refractivity contribution in [2.75, 3.05) is 18.9 Å². The number of hydrogen-bond acceptors (Lipinski definition) is 3. The number of rotatable bonds is 4. The number of amides is 2. The zero-order valence-electron chi connectivity index (χ0n) is 12.1. The summed E-state index contributed by atoms with van der Waals surface area (Å²) in [5.74, 6) is 0.0604. The third-order valence-corrected chi connectivity index (χ3v) is 3.59. The zero-order valence-corrected chi connectivity index (χ0v) is 12.1. The van der Waals surface area contributed by atoms with Crippen LogP contribution in [0.25, 0.3) is 0 Å². The highest BCUT2D eigenvalue weighted by Crippen LogP contribution is 2.20. The van der Waals surface area contributed by atoms with E-state index in [-0.39, 0.29) is 23.9 Å². The molecule has 2 unspecified atom stereocenters. The standard InChI is InChI=1S/C15H21N3O2/c1-10(16-14-7-8-18(3)15(14)20)12-5-4-6-13(9-12)17-11(2)19/h4-6,9-10,14,16H,7-8H2,1-3H3,(H,17,19). The molecule has 108 valence electrons. The minimum atomic E-state index is -0.112. The summed E-state index contributed by atoms with van der Waals surface area (Å²) in [6.07, 6.45) is 0.838. The third-order valence-electron chi connectivity index (χ3n) is 3.59. The fraction of sp³-hybridized carbons (Fsp3) is 0.467. The SMILES string of the molecule is CC(=O)Nc1cccc(C(C)NC2CCN(C)C2=O)c1. The Morgan fingerprint density at radius 3 is 2.80 bits per heavy atom. The summed E-state index contributed by atoms with van der Waals surface area (Å²) in [6, 6.07) is 7.63. The first-order valence-electron chi connectivity index (χ1n) is 6.86. The van der Waals surface area contributed by atoms with Crippen LogP contribution in [0.3, 0.4) is 0 Å². The van der Waals surface area contributed by atoms with E-state index in [2.05, 4.69) is 10.6 Å². The summed E-state index contributed by atoms with van der Waals surface area (Å²) in [6.45, 7) is 4.31. The lowest BCUT2D eigenvalue weighted by Crippen LogP contribution is -2.38. The number of nitrogens with one attached hydrogen (secondary N) is 2. The van der Waals surface area contributed by atoms with Crippen LogP contribution in [0.5, 0.6) is 0 Å². The molecule has 1 aliphatic rings. The molecule has 1 aromatic rings. The van der Waals surface area contributed by atoms with E-state index in [4.69, 9.17) is 0 Å². The fourth-order valence-electron chi connectivity index (χ4n) is 2.46. The van der Waals surface area contributed by atoms with Crippen LogP contribution in [-0.2, 0) is 9.59 Å². The largest absolute Gasteiger partial charge is 0.344 e. The Hall–Kier alpha value is -1.88.